The lowest BCUT2D eigenvalue weighted by Gasteiger charge is -2.29. The Labute approximate surface area is 87.9 Å². The average Bonchev–Trinajstić information content (AvgIpc) is 2.27. The molecular formula is C10H14O5. The highest BCUT2D eigenvalue weighted by Gasteiger charge is 2.30. The van der Waals surface area contributed by atoms with Crippen LogP contribution in [0.1, 0.15) is 6.42 Å². The standard InChI is InChI=1S/C10H14O5/c1-13-8-3-5-10(14-2,6-4-8)7-15-9(11)12/h3-5H,6-7H2,1-2H3,(H,11,12). The zero-order valence-electron chi connectivity index (χ0n) is 8.73. The Hall–Kier alpha value is -1.49. The molecule has 1 atom stereocenters. The van der Waals surface area contributed by atoms with E-state index in [1.54, 1.807) is 19.3 Å². The molecule has 1 N–H and O–H groups in total. The molecule has 1 aliphatic rings. The first-order valence-electron chi connectivity index (χ1n) is 4.46. The van der Waals surface area contributed by atoms with Gasteiger partial charge in [0.1, 0.15) is 18.0 Å². The monoisotopic (exact) mass is 214 g/mol. The van der Waals surface area contributed by atoms with E-state index in [9.17, 15) is 4.79 Å². The van der Waals surface area contributed by atoms with E-state index in [1.807, 2.05) is 6.08 Å². The first-order valence-corrected chi connectivity index (χ1v) is 4.46. The van der Waals surface area contributed by atoms with Crippen LogP contribution >= 0.6 is 0 Å². The average molecular weight is 214 g/mol. The minimum absolute atomic E-state index is 0.0250. The van der Waals surface area contributed by atoms with Crippen LogP contribution < -0.4 is 0 Å². The lowest BCUT2D eigenvalue weighted by molar-refractivity contribution is -0.0311. The summed E-state index contributed by atoms with van der Waals surface area (Å²) in [5.41, 5.74) is -0.708. The second-order valence-electron chi connectivity index (χ2n) is 3.17. The number of carbonyl (C=O) groups is 1. The fraction of sp³-hybridized carbons (Fsp3) is 0.500. The van der Waals surface area contributed by atoms with Gasteiger partial charge in [0.2, 0.25) is 0 Å². The highest BCUT2D eigenvalue weighted by atomic mass is 16.7. The van der Waals surface area contributed by atoms with Gasteiger partial charge in [0.15, 0.2) is 0 Å². The van der Waals surface area contributed by atoms with E-state index in [0.717, 1.165) is 5.76 Å². The number of allylic oxidation sites excluding steroid dienone is 1. The summed E-state index contributed by atoms with van der Waals surface area (Å²) in [5, 5.41) is 8.41. The molecule has 0 aromatic carbocycles. The predicted octanol–water partition coefficient (Wildman–Crippen LogP) is 1.56. The normalized spacial score (nSPS) is 24.5. The van der Waals surface area contributed by atoms with Crippen LogP contribution in [-0.4, -0.2) is 37.7 Å². The van der Waals surface area contributed by atoms with Crippen molar-refractivity contribution in [1.82, 2.24) is 0 Å². The van der Waals surface area contributed by atoms with Gasteiger partial charge in [0.05, 0.1) is 7.11 Å². The summed E-state index contributed by atoms with van der Waals surface area (Å²) >= 11 is 0. The molecule has 0 saturated heterocycles. The van der Waals surface area contributed by atoms with Crippen molar-refractivity contribution < 1.29 is 24.1 Å². The van der Waals surface area contributed by atoms with Crippen molar-refractivity contribution in [1.29, 1.82) is 0 Å². The second-order valence-corrected chi connectivity index (χ2v) is 3.17. The Kier molecular flexibility index (Phi) is 3.74. The van der Waals surface area contributed by atoms with Gasteiger partial charge in [-0.3, -0.25) is 0 Å². The molecule has 0 bridgehead atoms. The maximum Gasteiger partial charge on any atom is 0.505 e. The van der Waals surface area contributed by atoms with E-state index >= 15 is 0 Å². The van der Waals surface area contributed by atoms with Gasteiger partial charge >= 0.3 is 6.16 Å². The minimum Gasteiger partial charge on any atom is -0.497 e. The highest BCUT2D eigenvalue weighted by Crippen LogP contribution is 2.25. The molecule has 5 heteroatoms. The van der Waals surface area contributed by atoms with E-state index in [4.69, 9.17) is 14.6 Å². The molecule has 0 fully saturated rings. The molecular weight excluding hydrogens is 200 g/mol. The van der Waals surface area contributed by atoms with Crippen LogP contribution in [0.4, 0.5) is 4.79 Å². The Morgan fingerprint density at radius 3 is 2.73 bits per heavy atom. The summed E-state index contributed by atoms with van der Waals surface area (Å²) in [6.07, 6.45) is 4.53. The van der Waals surface area contributed by atoms with Gasteiger partial charge < -0.3 is 19.3 Å². The van der Waals surface area contributed by atoms with Gasteiger partial charge in [-0.15, -0.1) is 0 Å². The number of rotatable bonds is 4. The molecule has 5 nitrogen and oxygen atoms in total. The third kappa shape index (κ3) is 2.99. The van der Waals surface area contributed by atoms with Crippen LogP contribution in [0.25, 0.3) is 0 Å². The van der Waals surface area contributed by atoms with Crippen molar-refractivity contribution in [3.8, 4) is 0 Å². The van der Waals surface area contributed by atoms with Crippen LogP contribution in [0.2, 0.25) is 0 Å². The third-order valence-corrected chi connectivity index (χ3v) is 2.28. The maximum atomic E-state index is 10.3. The summed E-state index contributed by atoms with van der Waals surface area (Å²) in [6, 6.07) is 0. The minimum atomic E-state index is -1.30. The first-order chi connectivity index (χ1) is 7.12. The smallest absolute Gasteiger partial charge is 0.497 e. The maximum absolute atomic E-state index is 10.3. The van der Waals surface area contributed by atoms with Crippen molar-refractivity contribution in [3.05, 3.63) is 24.0 Å². The lowest BCUT2D eigenvalue weighted by atomic mass is 9.95. The van der Waals surface area contributed by atoms with Gasteiger partial charge in [-0.2, -0.15) is 0 Å². The van der Waals surface area contributed by atoms with Crippen molar-refractivity contribution in [3.63, 3.8) is 0 Å². The number of hydrogen-bond acceptors (Lipinski definition) is 4. The number of carboxylic acid groups (broad SMARTS) is 1. The van der Waals surface area contributed by atoms with E-state index in [2.05, 4.69) is 4.74 Å². The van der Waals surface area contributed by atoms with E-state index < -0.39 is 11.8 Å². The molecule has 1 rings (SSSR count). The Morgan fingerprint density at radius 2 is 2.33 bits per heavy atom. The topological polar surface area (TPSA) is 65.0 Å². The molecule has 0 aromatic rings. The molecule has 0 amide bonds. The third-order valence-electron chi connectivity index (χ3n) is 2.28. The fourth-order valence-corrected chi connectivity index (χ4v) is 1.30. The van der Waals surface area contributed by atoms with E-state index in [0.29, 0.717) is 6.42 Å². The Bertz CT molecular complexity index is 294. The summed E-state index contributed by atoms with van der Waals surface area (Å²) in [5.74, 6) is 0.734. The van der Waals surface area contributed by atoms with Crippen LogP contribution in [-0.2, 0) is 14.2 Å². The summed E-state index contributed by atoms with van der Waals surface area (Å²) in [6.45, 7) is -0.0250. The number of methoxy groups -OCH3 is 2. The van der Waals surface area contributed by atoms with Crippen LogP contribution in [0.3, 0.4) is 0 Å². The molecule has 0 aromatic heterocycles. The Morgan fingerprint density at radius 1 is 1.60 bits per heavy atom. The first kappa shape index (κ1) is 11.6. The van der Waals surface area contributed by atoms with Gasteiger partial charge in [-0.1, -0.05) is 0 Å². The summed E-state index contributed by atoms with van der Waals surface area (Å²) in [4.78, 5) is 10.3. The Balaban J connectivity index is 2.61. The zero-order valence-corrected chi connectivity index (χ0v) is 8.73. The molecule has 0 saturated carbocycles. The highest BCUT2D eigenvalue weighted by molar-refractivity contribution is 5.56. The van der Waals surface area contributed by atoms with E-state index in [-0.39, 0.29) is 6.61 Å². The van der Waals surface area contributed by atoms with Crippen molar-refractivity contribution in [2.24, 2.45) is 0 Å². The van der Waals surface area contributed by atoms with Gasteiger partial charge in [-0.25, -0.2) is 4.79 Å². The zero-order chi connectivity index (χ0) is 11.3. The largest absolute Gasteiger partial charge is 0.505 e. The molecule has 0 spiro atoms. The van der Waals surface area contributed by atoms with Crippen molar-refractivity contribution in [2.75, 3.05) is 20.8 Å². The summed E-state index contributed by atoms with van der Waals surface area (Å²) in [7, 11) is 3.09. The molecule has 0 heterocycles. The molecule has 15 heavy (non-hydrogen) atoms. The second kappa shape index (κ2) is 4.84. The number of hydrogen-bond donors (Lipinski definition) is 1. The summed E-state index contributed by atoms with van der Waals surface area (Å²) < 4.78 is 14.8. The van der Waals surface area contributed by atoms with Gasteiger partial charge in [-0.05, 0) is 18.2 Å². The molecule has 84 valence electrons. The van der Waals surface area contributed by atoms with Gasteiger partial charge in [0.25, 0.3) is 0 Å². The van der Waals surface area contributed by atoms with E-state index in [1.165, 1.54) is 7.11 Å². The predicted molar refractivity (Wildman–Crippen MR) is 52.6 cm³/mol. The van der Waals surface area contributed by atoms with Crippen molar-refractivity contribution in [2.45, 2.75) is 12.0 Å². The molecule has 0 aliphatic heterocycles. The van der Waals surface area contributed by atoms with Gasteiger partial charge in [0, 0.05) is 13.5 Å². The molecule has 0 radical (unpaired) electrons. The van der Waals surface area contributed by atoms with Crippen LogP contribution in [0.15, 0.2) is 24.0 Å². The SMILES string of the molecule is COC1=CCC(COC(=O)O)(OC)C=C1. The van der Waals surface area contributed by atoms with Crippen LogP contribution in [0, 0.1) is 0 Å². The van der Waals surface area contributed by atoms with Crippen LogP contribution in [0.5, 0.6) is 0 Å². The quantitative estimate of drug-likeness (QED) is 0.719. The van der Waals surface area contributed by atoms with Crippen molar-refractivity contribution >= 4 is 6.16 Å². The fourth-order valence-electron chi connectivity index (χ4n) is 1.30. The number of ether oxygens (including phenoxy) is 3. The lowest BCUT2D eigenvalue weighted by Crippen LogP contribution is -2.36. The molecule has 1 unspecified atom stereocenters. The molecule has 1 aliphatic carbocycles.